The fourth-order valence-corrected chi connectivity index (χ4v) is 3.26. The van der Waals surface area contributed by atoms with E-state index in [0.29, 0.717) is 12.1 Å². The molecule has 3 rings (SSSR count). The van der Waals surface area contributed by atoms with Crippen molar-refractivity contribution in [1.29, 1.82) is 0 Å². The number of benzene rings is 2. The van der Waals surface area contributed by atoms with Crippen molar-refractivity contribution in [3.63, 3.8) is 0 Å². The zero-order chi connectivity index (χ0) is 15.1. The van der Waals surface area contributed by atoms with E-state index in [1.54, 1.807) is 17.6 Å². The second-order valence-corrected chi connectivity index (χ2v) is 6.27. The molecule has 0 saturated heterocycles. The van der Waals surface area contributed by atoms with Gasteiger partial charge in [0, 0.05) is 21.4 Å². The van der Waals surface area contributed by atoms with E-state index in [1.807, 2.05) is 31.3 Å². The second-order valence-electron chi connectivity index (χ2n) is 5.35. The van der Waals surface area contributed by atoms with Crippen molar-refractivity contribution in [3.8, 4) is 5.88 Å². The van der Waals surface area contributed by atoms with Crippen molar-refractivity contribution in [2.45, 2.75) is 20.4 Å². The van der Waals surface area contributed by atoms with Crippen molar-refractivity contribution in [3.05, 3.63) is 63.5 Å². The number of aryl methyl sites for hydroxylation is 2. The van der Waals surface area contributed by atoms with Gasteiger partial charge in [-0.1, -0.05) is 28.1 Å². The maximum Gasteiger partial charge on any atom is 0.199 e. The Morgan fingerprint density at radius 2 is 1.90 bits per heavy atom. The minimum absolute atomic E-state index is 0.208. The number of hydrogen-bond acceptors (Lipinski definition) is 1. The van der Waals surface area contributed by atoms with Crippen LogP contribution in [0, 0.1) is 19.7 Å². The molecule has 0 aliphatic heterocycles. The first-order valence-corrected chi connectivity index (χ1v) is 7.48. The molecule has 0 radical (unpaired) electrons. The highest BCUT2D eigenvalue weighted by atomic mass is 79.9. The van der Waals surface area contributed by atoms with E-state index in [-0.39, 0.29) is 11.7 Å². The third-order valence-electron chi connectivity index (χ3n) is 3.70. The van der Waals surface area contributed by atoms with Crippen LogP contribution in [-0.4, -0.2) is 9.67 Å². The molecule has 0 bridgehead atoms. The van der Waals surface area contributed by atoms with E-state index in [2.05, 4.69) is 15.9 Å². The van der Waals surface area contributed by atoms with E-state index in [9.17, 15) is 9.50 Å². The van der Waals surface area contributed by atoms with Gasteiger partial charge in [-0.2, -0.15) is 0 Å². The Kier molecular flexibility index (Phi) is 3.49. The minimum Gasteiger partial charge on any atom is -0.494 e. The fourth-order valence-electron chi connectivity index (χ4n) is 2.67. The maximum atomic E-state index is 13.3. The van der Waals surface area contributed by atoms with Gasteiger partial charge in [0.05, 0.1) is 6.54 Å². The lowest BCUT2D eigenvalue weighted by Crippen LogP contribution is -1.98. The molecule has 0 atom stereocenters. The quantitative estimate of drug-likeness (QED) is 0.699. The van der Waals surface area contributed by atoms with Gasteiger partial charge in [0.15, 0.2) is 5.88 Å². The van der Waals surface area contributed by atoms with Gasteiger partial charge >= 0.3 is 0 Å². The van der Waals surface area contributed by atoms with Crippen LogP contribution < -0.4 is 0 Å². The van der Waals surface area contributed by atoms with E-state index in [1.165, 1.54) is 6.07 Å². The first-order valence-electron chi connectivity index (χ1n) is 6.68. The Morgan fingerprint density at radius 3 is 2.62 bits per heavy atom. The molecule has 1 heterocycles. The van der Waals surface area contributed by atoms with E-state index in [4.69, 9.17) is 0 Å². The summed E-state index contributed by atoms with van der Waals surface area (Å²) in [5.74, 6) is 0.0393. The summed E-state index contributed by atoms with van der Waals surface area (Å²) in [4.78, 5) is 0. The van der Waals surface area contributed by atoms with Gasteiger partial charge in [-0.3, -0.25) is 0 Å². The fraction of sp³-hybridized carbons (Fsp3) is 0.176. The number of hydrogen-bond donors (Lipinski definition) is 1. The van der Waals surface area contributed by atoms with Crippen LogP contribution in [0.5, 0.6) is 5.88 Å². The Balaban J connectivity index is 2.06. The van der Waals surface area contributed by atoms with E-state index >= 15 is 0 Å². The highest BCUT2D eigenvalue weighted by Gasteiger charge is 2.12. The van der Waals surface area contributed by atoms with Gasteiger partial charge in [0.2, 0.25) is 0 Å². The largest absolute Gasteiger partial charge is 0.494 e. The summed E-state index contributed by atoms with van der Waals surface area (Å²) in [7, 11) is 0. The smallest absolute Gasteiger partial charge is 0.199 e. The standard InChI is InChI=1S/C17H15BrFNO/c1-10-5-12(3-4-15(10)19)8-20-9-13-7-14(18)6-11(2)16(13)17(20)21/h3-7,9,21H,8H2,1-2H3. The molecule has 108 valence electrons. The molecule has 4 heteroatoms. The van der Waals surface area contributed by atoms with Crippen LogP contribution in [0.3, 0.4) is 0 Å². The number of nitrogens with zero attached hydrogens (tertiary/aromatic N) is 1. The van der Waals surface area contributed by atoms with Crippen LogP contribution in [0.15, 0.2) is 41.0 Å². The zero-order valence-electron chi connectivity index (χ0n) is 11.8. The number of aromatic nitrogens is 1. The Labute approximate surface area is 131 Å². The molecule has 0 fully saturated rings. The average molecular weight is 348 g/mol. The predicted octanol–water partition coefficient (Wildman–Crippen LogP) is 4.91. The lowest BCUT2D eigenvalue weighted by Gasteiger charge is -2.07. The lowest BCUT2D eigenvalue weighted by atomic mass is 10.1. The normalized spacial score (nSPS) is 11.2. The summed E-state index contributed by atoms with van der Waals surface area (Å²) >= 11 is 3.47. The summed E-state index contributed by atoms with van der Waals surface area (Å²) in [6, 6.07) is 8.98. The van der Waals surface area contributed by atoms with Gasteiger partial charge in [-0.15, -0.1) is 0 Å². The second kappa shape index (κ2) is 5.19. The van der Waals surface area contributed by atoms with Gasteiger partial charge in [-0.25, -0.2) is 4.39 Å². The van der Waals surface area contributed by atoms with Gasteiger partial charge < -0.3 is 9.67 Å². The number of halogens is 2. The third kappa shape index (κ3) is 2.56. The molecule has 0 spiro atoms. The van der Waals surface area contributed by atoms with Crippen molar-refractivity contribution in [2.75, 3.05) is 0 Å². The van der Waals surface area contributed by atoms with Crippen LogP contribution in [-0.2, 0) is 6.54 Å². The molecule has 1 aromatic heterocycles. The molecule has 3 aromatic rings. The minimum atomic E-state index is -0.208. The Bertz CT molecular complexity index is 838. The van der Waals surface area contributed by atoms with Crippen molar-refractivity contribution in [2.24, 2.45) is 0 Å². The molecule has 0 saturated carbocycles. The lowest BCUT2D eigenvalue weighted by molar-refractivity contribution is 0.430. The Morgan fingerprint density at radius 1 is 1.14 bits per heavy atom. The van der Waals surface area contributed by atoms with Gasteiger partial charge in [-0.05, 0) is 48.7 Å². The molecule has 2 aromatic carbocycles. The molecule has 2 nitrogen and oxygen atoms in total. The highest BCUT2D eigenvalue weighted by molar-refractivity contribution is 9.10. The van der Waals surface area contributed by atoms with Crippen LogP contribution >= 0.6 is 15.9 Å². The monoisotopic (exact) mass is 347 g/mol. The number of aromatic hydroxyl groups is 1. The summed E-state index contributed by atoms with van der Waals surface area (Å²) < 4.78 is 16.1. The maximum absolute atomic E-state index is 13.3. The number of fused-ring (bicyclic) bond motifs is 1. The third-order valence-corrected chi connectivity index (χ3v) is 4.15. The summed E-state index contributed by atoms with van der Waals surface area (Å²) in [6.45, 7) is 4.23. The highest BCUT2D eigenvalue weighted by Crippen LogP contribution is 2.33. The molecular formula is C17H15BrFNO. The number of rotatable bonds is 2. The zero-order valence-corrected chi connectivity index (χ0v) is 13.4. The van der Waals surface area contributed by atoms with Gasteiger partial charge in [0.25, 0.3) is 0 Å². The first-order chi connectivity index (χ1) is 9.95. The van der Waals surface area contributed by atoms with Gasteiger partial charge in [0.1, 0.15) is 5.82 Å². The van der Waals surface area contributed by atoms with Crippen LogP contribution in [0.4, 0.5) is 4.39 Å². The van der Waals surface area contributed by atoms with Crippen LogP contribution in [0.1, 0.15) is 16.7 Å². The molecule has 0 aliphatic carbocycles. The SMILES string of the molecule is Cc1cc(Cn2cc3cc(Br)cc(C)c3c2O)ccc1F. The molecule has 21 heavy (non-hydrogen) atoms. The van der Waals surface area contributed by atoms with Crippen molar-refractivity contribution in [1.82, 2.24) is 4.57 Å². The molecule has 0 unspecified atom stereocenters. The molecule has 0 amide bonds. The topological polar surface area (TPSA) is 25.2 Å². The summed E-state index contributed by atoms with van der Waals surface area (Å²) in [5.41, 5.74) is 2.59. The van der Waals surface area contributed by atoms with E-state index in [0.717, 1.165) is 26.4 Å². The molecule has 1 N–H and O–H groups in total. The van der Waals surface area contributed by atoms with E-state index < -0.39 is 0 Å². The Hall–Kier alpha value is -1.81. The summed E-state index contributed by atoms with van der Waals surface area (Å²) in [5, 5.41) is 12.3. The predicted molar refractivity (Wildman–Crippen MR) is 86.3 cm³/mol. The van der Waals surface area contributed by atoms with Crippen molar-refractivity contribution < 1.29 is 9.50 Å². The molecular weight excluding hydrogens is 333 g/mol. The molecule has 0 aliphatic rings. The first kappa shape index (κ1) is 14.1. The summed E-state index contributed by atoms with van der Waals surface area (Å²) in [6.07, 6.45) is 1.92. The van der Waals surface area contributed by atoms with Crippen molar-refractivity contribution >= 4 is 26.7 Å². The van der Waals surface area contributed by atoms with Crippen LogP contribution in [0.2, 0.25) is 0 Å². The average Bonchev–Trinajstić information content (AvgIpc) is 2.70. The van der Waals surface area contributed by atoms with Crippen LogP contribution in [0.25, 0.3) is 10.8 Å².